The van der Waals surface area contributed by atoms with Crippen molar-refractivity contribution in [1.29, 1.82) is 0 Å². The molecule has 17 nitrogen and oxygen atoms in total. The average molecular weight is 1510 g/mol. The summed E-state index contributed by atoms with van der Waals surface area (Å²) in [6.45, 7) is 7.41. The zero-order chi connectivity index (χ0) is 75.5. The minimum atomic E-state index is -4.96. The molecule has 0 saturated carbocycles. The molecule has 0 radical (unpaired) electrons. The molecule has 3 unspecified atom stereocenters. The fraction of sp³-hybridized carbons (Fsp3) is 0.952. The molecule has 0 fully saturated rings. The first-order chi connectivity index (χ1) is 50.1. The van der Waals surface area contributed by atoms with Crippen molar-refractivity contribution >= 4 is 39.5 Å². The monoisotopic (exact) mass is 1510 g/mol. The Labute approximate surface area is 632 Å². The summed E-state index contributed by atoms with van der Waals surface area (Å²) in [6.07, 6.45) is 69.2. The number of aliphatic hydroxyl groups excluding tert-OH is 1. The normalized spacial score (nSPS) is 14.1. The summed E-state index contributed by atoms with van der Waals surface area (Å²) in [6, 6.07) is 0. The Kier molecular flexibility index (Phi) is 75.4. The molecule has 0 aliphatic heterocycles. The predicted molar refractivity (Wildman–Crippen MR) is 423 cm³/mol. The lowest BCUT2D eigenvalue weighted by atomic mass is 9.99. The molecule has 0 saturated heterocycles. The first kappa shape index (κ1) is 101. The van der Waals surface area contributed by atoms with Gasteiger partial charge in [-0.2, -0.15) is 0 Å². The number of phosphoric ester groups is 2. The molecule has 0 aromatic rings. The van der Waals surface area contributed by atoms with Crippen molar-refractivity contribution < 1.29 is 80.2 Å². The van der Waals surface area contributed by atoms with Gasteiger partial charge in [-0.3, -0.25) is 37.3 Å². The summed E-state index contributed by atoms with van der Waals surface area (Å²) in [5, 5.41) is 10.7. The van der Waals surface area contributed by atoms with E-state index in [9.17, 15) is 43.2 Å². The Balaban J connectivity index is 5.24. The lowest BCUT2D eigenvalue weighted by molar-refractivity contribution is -0.161. The summed E-state index contributed by atoms with van der Waals surface area (Å²) in [4.78, 5) is 73.2. The zero-order valence-electron chi connectivity index (χ0n) is 67.5. The standard InChI is InChI=1S/C84H164O17P2/c1-6-10-13-16-19-22-25-28-29-30-31-32-33-34-40-45-50-55-60-65-70-84(89)101-80(74-95-82(87)68-63-58-53-48-43-39-36-35-38-41-46-51-56-61-66-77(5)9-4)76-99-103(92,93)97-72-78(85)71-96-102(90,91)98-75-79(73-94-81(86)67-62-57-52-47-42-27-24-21-18-15-12-8-3)100-83(88)69-64-59-54-49-44-37-26-23-20-17-14-11-7-2/h77-80,85H,6-76H2,1-5H3,(H,90,91)(H,92,93)/t77?,78-,79+,80+/m0/s1. The van der Waals surface area contributed by atoms with Crippen molar-refractivity contribution in [1.82, 2.24) is 0 Å². The lowest BCUT2D eigenvalue weighted by Gasteiger charge is -2.21. The Morgan fingerprint density at radius 1 is 0.272 bits per heavy atom. The van der Waals surface area contributed by atoms with Crippen LogP contribution in [0, 0.1) is 5.92 Å². The van der Waals surface area contributed by atoms with Gasteiger partial charge in [-0.1, -0.05) is 401 Å². The highest BCUT2D eigenvalue weighted by atomic mass is 31.2. The second kappa shape index (κ2) is 76.8. The van der Waals surface area contributed by atoms with E-state index in [1.807, 2.05) is 0 Å². The molecule has 0 aliphatic rings. The molecule has 103 heavy (non-hydrogen) atoms. The molecular weight excluding hydrogens is 1340 g/mol. The topological polar surface area (TPSA) is 237 Å². The number of hydrogen-bond donors (Lipinski definition) is 3. The largest absolute Gasteiger partial charge is 0.472 e. The molecule has 19 heteroatoms. The van der Waals surface area contributed by atoms with Crippen LogP contribution in [0.25, 0.3) is 0 Å². The van der Waals surface area contributed by atoms with Crippen LogP contribution in [-0.2, 0) is 65.4 Å². The van der Waals surface area contributed by atoms with Crippen molar-refractivity contribution in [2.75, 3.05) is 39.6 Å². The maximum absolute atomic E-state index is 13.1. The van der Waals surface area contributed by atoms with Crippen molar-refractivity contribution in [3.8, 4) is 0 Å². The van der Waals surface area contributed by atoms with E-state index in [0.717, 1.165) is 95.8 Å². The highest BCUT2D eigenvalue weighted by Crippen LogP contribution is 2.45. The molecule has 612 valence electrons. The summed E-state index contributed by atoms with van der Waals surface area (Å²) in [5.41, 5.74) is 0. The van der Waals surface area contributed by atoms with Crippen molar-refractivity contribution in [2.45, 2.75) is 470 Å². The van der Waals surface area contributed by atoms with Crippen LogP contribution >= 0.6 is 15.6 Å². The molecule has 0 aliphatic carbocycles. The van der Waals surface area contributed by atoms with E-state index in [2.05, 4.69) is 34.6 Å². The van der Waals surface area contributed by atoms with Crippen LogP contribution < -0.4 is 0 Å². The molecule has 0 heterocycles. The number of rotatable bonds is 84. The van der Waals surface area contributed by atoms with E-state index in [0.29, 0.717) is 25.7 Å². The van der Waals surface area contributed by atoms with Gasteiger partial charge in [0, 0.05) is 25.7 Å². The van der Waals surface area contributed by atoms with Gasteiger partial charge >= 0.3 is 39.5 Å². The number of carbonyl (C=O) groups is 4. The Bertz CT molecular complexity index is 1960. The maximum atomic E-state index is 13.1. The van der Waals surface area contributed by atoms with Gasteiger partial charge in [0.05, 0.1) is 26.4 Å². The van der Waals surface area contributed by atoms with Crippen LogP contribution in [-0.4, -0.2) is 96.7 Å². The van der Waals surface area contributed by atoms with Gasteiger partial charge in [0.1, 0.15) is 19.3 Å². The maximum Gasteiger partial charge on any atom is 0.472 e. The third-order valence-electron chi connectivity index (χ3n) is 20.1. The minimum absolute atomic E-state index is 0.108. The van der Waals surface area contributed by atoms with E-state index >= 15 is 0 Å². The summed E-state index contributed by atoms with van der Waals surface area (Å²) < 4.78 is 68.8. The van der Waals surface area contributed by atoms with Crippen LogP contribution in [0.2, 0.25) is 0 Å². The number of aliphatic hydroxyl groups is 1. The number of hydrogen-bond acceptors (Lipinski definition) is 15. The number of ether oxygens (including phenoxy) is 4. The van der Waals surface area contributed by atoms with E-state index < -0.39 is 97.5 Å². The van der Waals surface area contributed by atoms with Crippen LogP contribution in [0.3, 0.4) is 0 Å². The quantitative estimate of drug-likeness (QED) is 0.0222. The molecule has 0 amide bonds. The van der Waals surface area contributed by atoms with E-state index in [-0.39, 0.29) is 25.7 Å². The fourth-order valence-corrected chi connectivity index (χ4v) is 14.7. The molecule has 6 atom stereocenters. The van der Waals surface area contributed by atoms with E-state index in [4.69, 9.17) is 37.0 Å². The Morgan fingerprint density at radius 2 is 0.466 bits per heavy atom. The molecule has 0 rings (SSSR count). The first-order valence-electron chi connectivity index (χ1n) is 43.7. The first-order valence-corrected chi connectivity index (χ1v) is 46.7. The SMILES string of the molecule is CCCCCCCCCCCCCCCCCCCCCCC(=O)O[C@H](COC(=O)CCCCCCCCCCCCCCCCC(C)CC)COP(=O)(O)OC[C@@H](O)COP(=O)(O)OC[C@@H](COC(=O)CCCCCCCCCCCCCC)OC(=O)CCCCCCCCCCCCCCC. The summed E-state index contributed by atoms with van der Waals surface area (Å²) in [7, 11) is -9.92. The van der Waals surface area contributed by atoms with Gasteiger partial charge in [-0.25, -0.2) is 9.13 Å². The zero-order valence-corrected chi connectivity index (χ0v) is 69.3. The highest BCUT2D eigenvalue weighted by molar-refractivity contribution is 7.47. The molecule has 0 aromatic heterocycles. The van der Waals surface area contributed by atoms with Gasteiger partial charge in [-0.15, -0.1) is 0 Å². The molecular formula is C84H164O17P2. The number of unbranched alkanes of at least 4 members (excludes halogenated alkanes) is 55. The van der Waals surface area contributed by atoms with E-state index in [1.165, 1.54) is 276 Å². The number of esters is 4. The molecule has 3 N–H and O–H groups in total. The Hall–Kier alpha value is -1.94. The van der Waals surface area contributed by atoms with Crippen molar-refractivity contribution in [2.24, 2.45) is 5.92 Å². The van der Waals surface area contributed by atoms with Crippen molar-refractivity contribution in [3.05, 3.63) is 0 Å². The average Bonchev–Trinajstić information content (AvgIpc) is 0.917. The second-order valence-corrected chi connectivity index (χ2v) is 33.4. The summed E-state index contributed by atoms with van der Waals surface area (Å²) in [5.74, 6) is -1.25. The molecule has 0 spiro atoms. The lowest BCUT2D eigenvalue weighted by Crippen LogP contribution is -2.30. The number of phosphoric acid groups is 2. The van der Waals surface area contributed by atoms with Crippen molar-refractivity contribution in [3.63, 3.8) is 0 Å². The smallest absolute Gasteiger partial charge is 0.462 e. The van der Waals surface area contributed by atoms with Gasteiger partial charge in [0.15, 0.2) is 12.2 Å². The van der Waals surface area contributed by atoms with Gasteiger partial charge in [-0.05, 0) is 31.6 Å². The fourth-order valence-electron chi connectivity index (χ4n) is 13.1. The molecule has 0 bridgehead atoms. The minimum Gasteiger partial charge on any atom is -0.462 e. The van der Waals surface area contributed by atoms with Crippen LogP contribution in [0.15, 0.2) is 0 Å². The second-order valence-electron chi connectivity index (χ2n) is 30.5. The van der Waals surface area contributed by atoms with Crippen LogP contribution in [0.5, 0.6) is 0 Å². The third-order valence-corrected chi connectivity index (χ3v) is 22.0. The van der Waals surface area contributed by atoms with Gasteiger partial charge < -0.3 is 33.8 Å². The third kappa shape index (κ3) is 76.6. The van der Waals surface area contributed by atoms with E-state index in [1.54, 1.807) is 0 Å². The van der Waals surface area contributed by atoms with Crippen LogP contribution in [0.1, 0.15) is 452 Å². The predicted octanol–water partition coefficient (Wildman–Crippen LogP) is 25.6. The number of carbonyl (C=O) groups excluding carboxylic acids is 4. The van der Waals surface area contributed by atoms with Crippen LogP contribution in [0.4, 0.5) is 0 Å². The molecule has 0 aromatic carbocycles. The summed E-state index contributed by atoms with van der Waals surface area (Å²) >= 11 is 0. The van der Waals surface area contributed by atoms with Gasteiger partial charge in [0.25, 0.3) is 0 Å². The highest BCUT2D eigenvalue weighted by Gasteiger charge is 2.30. The van der Waals surface area contributed by atoms with Gasteiger partial charge in [0.2, 0.25) is 0 Å². The Morgan fingerprint density at radius 3 is 0.689 bits per heavy atom.